The number of benzene rings is 3. The van der Waals surface area contributed by atoms with E-state index in [0.29, 0.717) is 67.3 Å². The molecule has 1 atom stereocenters. The molecule has 7 rings (SSSR count). The summed E-state index contributed by atoms with van der Waals surface area (Å²) in [4.78, 5) is 23.0. The Labute approximate surface area is 226 Å². The lowest BCUT2D eigenvalue weighted by Gasteiger charge is -2.27. The van der Waals surface area contributed by atoms with Crippen LogP contribution in [0.5, 0.6) is 23.1 Å². The van der Waals surface area contributed by atoms with Gasteiger partial charge in [-0.3, -0.25) is 0 Å². The average molecular weight is 539 g/mol. The lowest BCUT2D eigenvalue weighted by atomic mass is 9.84. The smallest absolute Gasteiger partial charge is 0.344 e. The first-order chi connectivity index (χ1) is 19.1. The van der Waals surface area contributed by atoms with Crippen LogP contribution >= 0.6 is 11.6 Å². The maximum Gasteiger partial charge on any atom is 0.344 e. The minimum atomic E-state index is -0.663. The van der Waals surface area contributed by atoms with Crippen molar-refractivity contribution in [2.75, 3.05) is 14.2 Å². The second kappa shape index (κ2) is 8.85. The van der Waals surface area contributed by atoms with Crippen LogP contribution in [0.25, 0.3) is 28.0 Å². The van der Waals surface area contributed by atoms with Crippen LogP contribution in [0.2, 0.25) is 5.02 Å². The van der Waals surface area contributed by atoms with E-state index < -0.39 is 11.5 Å². The van der Waals surface area contributed by atoms with Gasteiger partial charge in [-0.15, -0.1) is 5.10 Å². The molecule has 0 saturated heterocycles. The number of halogens is 1. The monoisotopic (exact) mass is 538 g/mol. The third kappa shape index (κ3) is 3.54. The number of para-hydroxylation sites is 1. The van der Waals surface area contributed by atoms with Crippen molar-refractivity contribution in [3.8, 4) is 34.5 Å². The molecule has 0 N–H and O–H groups in total. The van der Waals surface area contributed by atoms with Crippen molar-refractivity contribution in [2.45, 2.75) is 5.92 Å². The Hall–Kier alpha value is -4.89. The van der Waals surface area contributed by atoms with E-state index in [4.69, 9.17) is 35.2 Å². The molecule has 39 heavy (non-hydrogen) atoms. The number of nitrogens with zero attached hydrogens (tertiary/aromatic N) is 4. The minimum absolute atomic E-state index is 0.309. The SMILES string of the molecule is COc1ccc(C2c3c(c4ccccc4oc3=O)Oc3ncn4nc(-c5ccccc5Cl)nc4c32)cc1OC. The van der Waals surface area contributed by atoms with E-state index in [1.165, 1.54) is 6.33 Å². The summed E-state index contributed by atoms with van der Waals surface area (Å²) in [5.74, 6) is 1.51. The highest BCUT2D eigenvalue weighted by Gasteiger charge is 2.38. The van der Waals surface area contributed by atoms with E-state index in [0.717, 1.165) is 5.56 Å². The molecule has 0 aliphatic carbocycles. The molecule has 1 aliphatic heterocycles. The summed E-state index contributed by atoms with van der Waals surface area (Å²) in [6, 6.07) is 20.0. The van der Waals surface area contributed by atoms with E-state index >= 15 is 0 Å². The highest BCUT2D eigenvalue weighted by Crippen LogP contribution is 2.49. The fourth-order valence-electron chi connectivity index (χ4n) is 5.05. The predicted molar refractivity (Wildman–Crippen MR) is 144 cm³/mol. The maximum atomic E-state index is 13.6. The molecule has 6 aromatic rings. The lowest BCUT2D eigenvalue weighted by molar-refractivity contribution is 0.354. The molecule has 0 radical (unpaired) electrons. The Balaban J connectivity index is 1.55. The fraction of sp³-hybridized carbons (Fsp3) is 0.103. The molecule has 9 nitrogen and oxygen atoms in total. The molecule has 1 aliphatic rings. The van der Waals surface area contributed by atoms with Crippen LogP contribution < -0.4 is 19.8 Å². The normalized spacial score (nSPS) is 14.1. The van der Waals surface area contributed by atoms with Crippen LogP contribution in [0.1, 0.15) is 22.6 Å². The highest BCUT2D eigenvalue weighted by molar-refractivity contribution is 6.33. The number of hydrogen-bond acceptors (Lipinski definition) is 8. The molecule has 0 bridgehead atoms. The fourth-order valence-corrected chi connectivity index (χ4v) is 5.27. The zero-order valence-corrected chi connectivity index (χ0v) is 21.5. The van der Waals surface area contributed by atoms with Crippen LogP contribution in [0.3, 0.4) is 0 Å². The molecule has 0 fully saturated rings. The molecule has 0 amide bonds. The quantitative estimate of drug-likeness (QED) is 0.257. The van der Waals surface area contributed by atoms with E-state index in [1.54, 1.807) is 43.0 Å². The van der Waals surface area contributed by atoms with Crippen molar-refractivity contribution in [1.29, 1.82) is 0 Å². The minimum Gasteiger partial charge on any atom is -0.493 e. The largest absolute Gasteiger partial charge is 0.493 e. The van der Waals surface area contributed by atoms with Crippen LogP contribution in [0.4, 0.5) is 0 Å². The number of hydrogen-bond donors (Lipinski definition) is 0. The zero-order valence-electron chi connectivity index (χ0n) is 20.7. The lowest BCUT2D eigenvalue weighted by Crippen LogP contribution is -2.22. The van der Waals surface area contributed by atoms with Crippen molar-refractivity contribution in [2.24, 2.45) is 0 Å². The molecule has 10 heteroatoms. The second-order valence-electron chi connectivity index (χ2n) is 8.92. The van der Waals surface area contributed by atoms with Gasteiger partial charge >= 0.3 is 5.63 Å². The van der Waals surface area contributed by atoms with Crippen LogP contribution in [-0.4, -0.2) is 33.8 Å². The summed E-state index contributed by atoms with van der Waals surface area (Å²) in [5, 5.41) is 5.80. The number of aromatic nitrogens is 4. The van der Waals surface area contributed by atoms with Crippen molar-refractivity contribution in [3.63, 3.8) is 0 Å². The standard InChI is InChI=1S/C29H19ClN4O5/c1-36-20-12-11-15(13-21(20)37-2)22-23-25(17-8-4-6-10-19(17)38-29(23)35)39-28-24(22)27-32-26(33-34(27)14-31-28)16-7-3-5-9-18(16)30/h3-14,22H,1-2H3. The van der Waals surface area contributed by atoms with Crippen LogP contribution in [0, 0.1) is 0 Å². The van der Waals surface area contributed by atoms with Crippen molar-refractivity contribution >= 4 is 28.2 Å². The molecular weight excluding hydrogens is 520 g/mol. The molecule has 0 saturated carbocycles. The number of methoxy groups -OCH3 is 2. The van der Waals surface area contributed by atoms with Crippen LogP contribution in [0.15, 0.2) is 82.3 Å². The van der Waals surface area contributed by atoms with Gasteiger partial charge in [0, 0.05) is 5.56 Å². The summed E-state index contributed by atoms with van der Waals surface area (Å²) in [5.41, 5.74) is 2.64. The van der Waals surface area contributed by atoms with Gasteiger partial charge in [0.05, 0.1) is 41.7 Å². The maximum absolute atomic E-state index is 13.6. The van der Waals surface area contributed by atoms with Gasteiger partial charge in [-0.25, -0.2) is 19.3 Å². The van der Waals surface area contributed by atoms with E-state index in [1.807, 2.05) is 42.5 Å². The second-order valence-corrected chi connectivity index (χ2v) is 9.33. The van der Waals surface area contributed by atoms with E-state index in [-0.39, 0.29) is 0 Å². The summed E-state index contributed by atoms with van der Waals surface area (Å²) in [6.07, 6.45) is 1.53. The first-order valence-electron chi connectivity index (χ1n) is 12.0. The molecule has 3 aromatic carbocycles. The van der Waals surface area contributed by atoms with E-state index in [2.05, 4.69) is 10.1 Å². The zero-order chi connectivity index (χ0) is 26.7. The number of ether oxygens (including phenoxy) is 3. The van der Waals surface area contributed by atoms with Crippen molar-refractivity contribution in [3.05, 3.63) is 105 Å². The van der Waals surface area contributed by atoms with Gasteiger partial charge in [0.1, 0.15) is 11.9 Å². The van der Waals surface area contributed by atoms with E-state index in [9.17, 15) is 4.79 Å². The summed E-state index contributed by atoms with van der Waals surface area (Å²) in [7, 11) is 3.13. The Morgan fingerprint density at radius 2 is 1.74 bits per heavy atom. The number of rotatable bonds is 4. The van der Waals surface area contributed by atoms with Gasteiger partial charge in [0.25, 0.3) is 0 Å². The Morgan fingerprint density at radius 1 is 0.949 bits per heavy atom. The molecule has 1 unspecified atom stereocenters. The molecular formula is C29H19ClN4O5. The predicted octanol–water partition coefficient (Wildman–Crippen LogP) is 5.85. The molecule has 192 valence electrons. The van der Waals surface area contributed by atoms with Crippen molar-refractivity contribution < 1.29 is 18.6 Å². The Morgan fingerprint density at radius 3 is 2.56 bits per heavy atom. The van der Waals surface area contributed by atoms with Gasteiger partial charge < -0.3 is 18.6 Å². The summed E-state index contributed by atoms with van der Waals surface area (Å²) >= 11 is 6.45. The van der Waals surface area contributed by atoms with Crippen molar-refractivity contribution in [1.82, 2.24) is 19.6 Å². The highest BCUT2D eigenvalue weighted by atomic mass is 35.5. The average Bonchev–Trinajstić information content (AvgIpc) is 3.40. The van der Waals surface area contributed by atoms with Gasteiger partial charge in [-0.1, -0.05) is 41.9 Å². The summed E-state index contributed by atoms with van der Waals surface area (Å²) < 4.78 is 24.7. The number of fused-ring (bicyclic) bond motifs is 6. The third-order valence-corrected chi connectivity index (χ3v) is 7.15. The van der Waals surface area contributed by atoms with Gasteiger partial charge in [-0.05, 0) is 42.0 Å². The van der Waals surface area contributed by atoms with Crippen LogP contribution in [-0.2, 0) is 0 Å². The Bertz CT molecular complexity index is 1980. The van der Waals surface area contributed by atoms with Gasteiger partial charge in [0.15, 0.2) is 28.7 Å². The molecule has 0 spiro atoms. The van der Waals surface area contributed by atoms with Gasteiger partial charge in [0.2, 0.25) is 5.88 Å². The van der Waals surface area contributed by atoms with Gasteiger partial charge in [-0.2, -0.15) is 0 Å². The third-order valence-electron chi connectivity index (χ3n) is 6.82. The topological polar surface area (TPSA) is 101 Å². The molecule has 3 aromatic heterocycles. The first kappa shape index (κ1) is 23.2. The molecule has 4 heterocycles. The summed E-state index contributed by atoms with van der Waals surface area (Å²) in [6.45, 7) is 0. The first-order valence-corrected chi connectivity index (χ1v) is 12.4. The Kier molecular flexibility index (Phi) is 5.27.